The molecule has 0 aliphatic heterocycles. The number of rotatable bonds is 7. The van der Waals surface area contributed by atoms with Crippen LogP contribution in [0.4, 0.5) is 0 Å². The number of carbonyl (C=O) groups excluding carboxylic acids is 2. The number of hydrogen-bond acceptors (Lipinski definition) is 5. The van der Waals surface area contributed by atoms with E-state index in [-0.39, 0.29) is 13.2 Å². The van der Waals surface area contributed by atoms with Crippen LogP contribution >= 0.6 is 0 Å². The van der Waals surface area contributed by atoms with Crippen LogP contribution in [0.3, 0.4) is 0 Å². The fourth-order valence-corrected chi connectivity index (χ4v) is 2.59. The van der Waals surface area contributed by atoms with Crippen molar-refractivity contribution in [3.63, 3.8) is 0 Å². The molecule has 0 heterocycles. The summed E-state index contributed by atoms with van der Waals surface area (Å²) >= 11 is 0. The van der Waals surface area contributed by atoms with Gasteiger partial charge in [-0.05, 0) is 19.8 Å². The molecule has 0 bridgehead atoms. The summed E-state index contributed by atoms with van der Waals surface area (Å²) in [5.74, 6) is -2.65. The molecule has 0 aromatic rings. The third-order valence-electron chi connectivity index (χ3n) is 3.91. The lowest BCUT2D eigenvalue weighted by molar-refractivity contribution is -0.169. The van der Waals surface area contributed by atoms with Crippen molar-refractivity contribution in [3.05, 3.63) is 12.7 Å². The molecule has 6 heteroatoms. The van der Waals surface area contributed by atoms with Gasteiger partial charge >= 0.3 is 17.9 Å². The molecule has 1 aliphatic carbocycles. The highest BCUT2D eigenvalue weighted by molar-refractivity contribution is 5.84. The highest BCUT2D eigenvalue weighted by atomic mass is 16.5. The zero-order valence-corrected chi connectivity index (χ0v) is 12.3. The summed E-state index contributed by atoms with van der Waals surface area (Å²) in [6, 6.07) is 0. The van der Waals surface area contributed by atoms with Crippen LogP contribution in [0.15, 0.2) is 12.7 Å². The standard InChI is InChI=1S/C15H22O6/c1-3-12(16)20-9-6-10-21-14(19)15(2)8-5-4-7-11(15)13(17)18/h3,11H,1,4-10H2,2H3,(H,17,18). The van der Waals surface area contributed by atoms with Gasteiger partial charge in [0.15, 0.2) is 0 Å². The highest BCUT2D eigenvalue weighted by Gasteiger charge is 2.47. The highest BCUT2D eigenvalue weighted by Crippen LogP contribution is 2.42. The Balaban J connectivity index is 2.43. The van der Waals surface area contributed by atoms with Gasteiger partial charge in [-0.15, -0.1) is 0 Å². The van der Waals surface area contributed by atoms with E-state index in [4.69, 9.17) is 9.47 Å². The van der Waals surface area contributed by atoms with Crippen LogP contribution < -0.4 is 0 Å². The van der Waals surface area contributed by atoms with Gasteiger partial charge in [0.1, 0.15) is 0 Å². The molecular formula is C15H22O6. The molecule has 6 nitrogen and oxygen atoms in total. The molecule has 0 amide bonds. The molecule has 2 atom stereocenters. The van der Waals surface area contributed by atoms with Crippen LogP contribution in [0.2, 0.25) is 0 Å². The molecule has 1 saturated carbocycles. The number of esters is 2. The SMILES string of the molecule is C=CC(=O)OCCCOC(=O)C1(C)CCCCC1C(=O)O. The molecule has 0 aromatic carbocycles. The van der Waals surface area contributed by atoms with Gasteiger partial charge in [0.05, 0.1) is 24.5 Å². The number of hydrogen-bond donors (Lipinski definition) is 1. The van der Waals surface area contributed by atoms with Crippen molar-refractivity contribution in [2.24, 2.45) is 11.3 Å². The zero-order valence-electron chi connectivity index (χ0n) is 12.3. The molecule has 21 heavy (non-hydrogen) atoms. The fraction of sp³-hybridized carbons (Fsp3) is 0.667. The van der Waals surface area contributed by atoms with Crippen molar-refractivity contribution >= 4 is 17.9 Å². The fourth-order valence-electron chi connectivity index (χ4n) is 2.59. The van der Waals surface area contributed by atoms with Gasteiger partial charge < -0.3 is 14.6 Å². The average molecular weight is 298 g/mol. The van der Waals surface area contributed by atoms with Crippen molar-refractivity contribution in [3.8, 4) is 0 Å². The monoisotopic (exact) mass is 298 g/mol. The molecule has 1 aliphatic rings. The summed E-state index contributed by atoms with van der Waals surface area (Å²) in [5.41, 5.74) is -0.970. The number of aliphatic carboxylic acids is 1. The molecule has 1 N–H and O–H groups in total. The molecule has 0 spiro atoms. The minimum atomic E-state index is -0.970. The van der Waals surface area contributed by atoms with Crippen molar-refractivity contribution in [2.75, 3.05) is 13.2 Å². The predicted octanol–water partition coefficient (Wildman–Crippen LogP) is 1.93. The van der Waals surface area contributed by atoms with Gasteiger partial charge in [-0.3, -0.25) is 9.59 Å². The maximum Gasteiger partial charge on any atom is 0.330 e. The van der Waals surface area contributed by atoms with Crippen molar-refractivity contribution in [1.29, 1.82) is 0 Å². The summed E-state index contributed by atoms with van der Waals surface area (Å²) in [6.45, 7) is 5.16. The molecule has 0 aromatic heterocycles. The van der Waals surface area contributed by atoms with Gasteiger partial charge in [0.25, 0.3) is 0 Å². The molecule has 0 saturated heterocycles. The van der Waals surface area contributed by atoms with Crippen LogP contribution in [0.1, 0.15) is 39.0 Å². The van der Waals surface area contributed by atoms with Gasteiger partial charge in [-0.25, -0.2) is 4.79 Å². The smallest absolute Gasteiger partial charge is 0.330 e. The van der Waals surface area contributed by atoms with E-state index in [0.717, 1.165) is 18.9 Å². The van der Waals surface area contributed by atoms with Crippen LogP contribution in [0, 0.1) is 11.3 Å². The predicted molar refractivity (Wildman–Crippen MR) is 74.4 cm³/mol. The van der Waals surface area contributed by atoms with Crippen LogP contribution in [-0.4, -0.2) is 36.2 Å². The average Bonchev–Trinajstić information content (AvgIpc) is 2.46. The Morgan fingerprint density at radius 2 is 1.95 bits per heavy atom. The first-order valence-electron chi connectivity index (χ1n) is 7.11. The summed E-state index contributed by atoms with van der Waals surface area (Å²) in [4.78, 5) is 34.3. The van der Waals surface area contributed by atoms with Gasteiger partial charge in [0, 0.05) is 12.5 Å². The Morgan fingerprint density at radius 1 is 1.29 bits per heavy atom. The Labute approximate surface area is 124 Å². The van der Waals surface area contributed by atoms with E-state index in [1.807, 2.05) is 0 Å². The summed E-state index contributed by atoms with van der Waals surface area (Å²) in [5, 5.41) is 9.25. The second-order valence-electron chi connectivity index (χ2n) is 5.42. The van der Waals surface area contributed by atoms with E-state index in [9.17, 15) is 19.5 Å². The van der Waals surface area contributed by atoms with Crippen LogP contribution in [0.25, 0.3) is 0 Å². The van der Waals surface area contributed by atoms with Crippen molar-refractivity contribution < 1.29 is 29.0 Å². The number of ether oxygens (including phenoxy) is 2. The lowest BCUT2D eigenvalue weighted by Crippen LogP contribution is -2.43. The second kappa shape index (κ2) is 7.81. The first-order chi connectivity index (χ1) is 9.91. The van der Waals surface area contributed by atoms with E-state index < -0.39 is 29.2 Å². The van der Waals surface area contributed by atoms with E-state index in [0.29, 0.717) is 19.3 Å². The van der Waals surface area contributed by atoms with Gasteiger partial charge in [0.2, 0.25) is 0 Å². The number of carboxylic acids is 1. The Kier molecular flexibility index (Phi) is 6.39. The maximum atomic E-state index is 12.2. The van der Waals surface area contributed by atoms with Crippen LogP contribution in [0.5, 0.6) is 0 Å². The maximum absolute atomic E-state index is 12.2. The number of carbonyl (C=O) groups is 3. The normalized spacial score (nSPS) is 24.9. The summed E-state index contributed by atoms with van der Waals surface area (Å²) < 4.78 is 9.92. The lowest BCUT2D eigenvalue weighted by atomic mass is 9.67. The summed E-state index contributed by atoms with van der Waals surface area (Å²) in [7, 11) is 0. The quantitative estimate of drug-likeness (QED) is 0.439. The van der Waals surface area contributed by atoms with E-state index in [1.165, 1.54) is 0 Å². The molecular weight excluding hydrogens is 276 g/mol. The minimum absolute atomic E-state index is 0.102. The lowest BCUT2D eigenvalue weighted by Gasteiger charge is -2.36. The summed E-state index contributed by atoms with van der Waals surface area (Å²) in [6.07, 6.45) is 4.10. The molecule has 1 rings (SSSR count). The first kappa shape index (κ1) is 17.2. The van der Waals surface area contributed by atoms with E-state index in [2.05, 4.69) is 6.58 Å². The van der Waals surface area contributed by atoms with Crippen LogP contribution in [-0.2, 0) is 23.9 Å². The third kappa shape index (κ3) is 4.58. The zero-order chi connectivity index (χ0) is 15.9. The largest absolute Gasteiger partial charge is 0.481 e. The molecule has 2 unspecified atom stereocenters. The van der Waals surface area contributed by atoms with Gasteiger partial charge in [-0.2, -0.15) is 0 Å². The molecule has 0 radical (unpaired) electrons. The van der Waals surface area contributed by atoms with E-state index >= 15 is 0 Å². The number of carboxylic acid groups (broad SMARTS) is 1. The van der Waals surface area contributed by atoms with Crippen molar-refractivity contribution in [1.82, 2.24) is 0 Å². The Morgan fingerprint density at radius 3 is 2.57 bits per heavy atom. The Bertz CT molecular complexity index is 416. The van der Waals surface area contributed by atoms with E-state index in [1.54, 1.807) is 6.92 Å². The van der Waals surface area contributed by atoms with Crippen molar-refractivity contribution in [2.45, 2.75) is 39.0 Å². The molecule has 1 fully saturated rings. The second-order valence-corrected chi connectivity index (χ2v) is 5.42. The van der Waals surface area contributed by atoms with Gasteiger partial charge in [-0.1, -0.05) is 19.4 Å². The topological polar surface area (TPSA) is 89.9 Å². The first-order valence-corrected chi connectivity index (χ1v) is 7.11. The minimum Gasteiger partial charge on any atom is -0.481 e. The Hall–Kier alpha value is -1.85. The third-order valence-corrected chi connectivity index (χ3v) is 3.91. The molecule has 118 valence electrons.